The summed E-state index contributed by atoms with van der Waals surface area (Å²) in [5.74, 6) is 0.787. The maximum absolute atomic E-state index is 12.6. The molecular weight excluding hydrogens is 400 g/mol. The molecule has 0 saturated carbocycles. The summed E-state index contributed by atoms with van der Waals surface area (Å²) in [5.41, 5.74) is 3.01. The molecule has 1 aliphatic rings. The number of aryl methyl sites for hydroxylation is 2. The van der Waals surface area contributed by atoms with E-state index in [9.17, 15) is 13.5 Å². The number of aliphatic hydroxyl groups is 1. The van der Waals surface area contributed by atoms with Crippen LogP contribution in [-0.2, 0) is 10.0 Å². The van der Waals surface area contributed by atoms with E-state index in [0.29, 0.717) is 32.7 Å². The third kappa shape index (κ3) is 6.40. The molecule has 0 spiro atoms. The molecule has 3 rings (SSSR count). The van der Waals surface area contributed by atoms with E-state index < -0.39 is 16.1 Å². The molecule has 30 heavy (non-hydrogen) atoms. The van der Waals surface area contributed by atoms with Gasteiger partial charge in [-0.25, -0.2) is 8.42 Å². The molecule has 1 atom stereocenters. The molecule has 2 aromatic rings. The predicted molar refractivity (Wildman–Crippen MR) is 120 cm³/mol. The molecule has 1 aliphatic heterocycles. The number of rotatable bonds is 8. The molecule has 6 nitrogen and oxygen atoms in total. The average Bonchev–Trinajstić information content (AvgIpc) is 2.74. The Bertz CT molecular complexity index is 952. The molecule has 0 radical (unpaired) electrons. The van der Waals surface area contributed by atoms with Crippen LogP contribution in [0.5, 0.6) is 5.75 Å². The molecule has 0 aliphatic carbocycles. The van der Waals surface area contributed by atoms with E-state index in [2.05, 4.69) is 4.90 Å². The van der Waals surface area contributed by atoms with Crippen LogP contribution in [0.1, 0.15) is 16.7 Å². The number of sulfonamides is 1. The molecule has 2 aromatic carbocycles. The average molecular weight is 431 g/mol. The Morgan fingerprint density at radius 3 is 2.47 bits per heavy atom. The van der Waals surface area contributed by atoms with Crippen LogP contribution in [0.3, 0.4) is 0 Å². The van der Waals surface area contributed by atoms with Crippen LogP contribution in [0.25, 0.3) is 6.08 Å². The second kappa shape index (κ2) is 10.2. The van der Waals surface area contributed by atoms with Crippen molar-refractivity contribution in [1.82, 2.24) is 9.21 Å². The fourth-order valence-corrected chi connectivity index (χ4v) is 4.55. The molecule has 1 heterocycles. The smallest absolute Gasteiger partial charge is 0.236 e. The van der Waals surface area contributed by atoms with E-state index in [1.54, 1.807) is 6.08 Å². The summed E-state index contributed by atoms with van der Waals surface area (Å²) in [6.45, 7) is 6.63. The second-order valence-corrected chi connectivity index (χ2v) is 9.51. The zero-order valence-electron chi connectivity index (χ0n) is 17.6. The lowest BCUT2D eigenvalue weighted by atomic mass is 10.1. The van der Waals surface area contributed by atoms with Crippen LogP contribution in [-0.4, -0.2) is 68.2 Å². The first-order valence-electron chi connectivity index (χ1n) is 10.2. The van der Waals surface area contributed by atoms with E-state index >= 15 is 0 Å². The van der Waals surface area contributed by atoms with Gasteiger partial charge in [0, 0.05) is 38.1 Å². The first-order chi connectivity index (χ1) is 14.3. The molecular formula is C23H30N2O4S. The second-order valence-electron chi connectivity index (χ2n) is 7.69. The fourth-order valence-electron chi connectivity index (χ4n) is 3.38. The lowest BCUT2D eigenvalue weighted by Gasteiger charge is -2.34. The Morgan fingerprint density at radius 2 is 1.77 bits per heavy atom. The topological polar surface area (TPSA) is 70.1 Å². The Morgan fingerprint density at radius 1 is 1.07 bits per heavy atom. The van der Waals surface area contributed by atoms with Gasteiger partial charge in [-0.05, 0) is 42.7 Å². The van der Waals surface area contributed by atoms with Gasteiger partial charge in [-0.3, -0.25) is 4.90 Å². The van der Waals surface area contributed by atoms with Gasteiger partial charge in [-0.1, -0.05) is 42.5 Å². The van der Waals surface area contributed by atoms with Crippen molar-refractivity contribution < 1.29 is 18.3 Å². The summed E-state index contributed by atoms with van der Waals surface area (Å²) in [6, 6.07) is 15.4. The van der Waals surface area contributed by atoms with Crippen LogP contribution in [0.2, 0.25) is 0 Å². The van der Waals surface area contributed by atoms with E-state index in [1.807, 2.05) is 62.4 Å². The van der Waals surface area contributed by atoms with Crippen molar-refractivity contribution in [3.05, 3.63) is 70.6 Å². The number of aliphatic hydroxyl groups excluding tert-OH is 1. The van der Waals surface area contributed by atoms with Crippen LogP contribution in [0, 0.1) is 13.8 Å². The van der Waals surface area contributed by atoms with Gasteiger partial charge in [-0.2, -0.15) is 4.31 Å². The molecule has 1 N–H and O–H groups in total. The number of hydrogen-bond donors (Lipinski definition) is 1. The molecule has 0 aromatic heterocycles. The quantitative estimate of drug-likeness (QED) is 0.697. The molecule has 0 amide bonds. The van der Waals surface area contributed by atoms with Gasteiger partial charge in [0.1, 0.15) is 18.5 Å². The van der Waals surface area contributed by atoms with E-state index in [4.69, 9.17) is 4.74 Å². The summed E-state index contributed by atoms with van der Waals surface area (Å²) >= 11 is 0. The number of hydrogen-bond acceptors (Lipinski definition) is 5. The Balaban J connectivity index is 1.45. The van der Waals surface area contributed by atoms with E-state index in [-0.39, 0.29) is 6.61 Å². The zero-order chi connectivity index (χ0) is 21.6. The first kappa shape index (κ1) is 22.5. The SMILES string of the molecule is Cc1ccc(C)c(OC[C@@H](O)CN2CCN(S(=O)(=O)/C=C\c3ccccc3)CC2)c1. The van der Waals surface area contributed by atoms with Crippen molar-refractivity contribution >= 4 is 16.1 Å². The molecule has 0 unspecified atom stereocenters. The lowest BCUT2D eigenvalue weighted by molar-refractivity contribution is 0.0568. The van der Waals surface area contributed by atoms with Crippen LogP contribution >= 0.6 is 0 Å². The van der Waals surface area contributed by atoms with Gasteiger partial charge < -0.3 is 9.84 Å². The molecule has 7 heteroatoms. The van der Waals surface area contributed by atoms with Gasteiger partial charge >= 0.3 is 0 Å². The Hall–Kier alpha value is -2.19. The van der Waals surface area contributed by atoms with Gasteiger partial charge in [0.05, 0.1) is 0 Å². The van der Waals surface area contributed by atoms with E-state index in [0.717, 1.165) is 22.4 Å². The normalized spacial score (nSPS) is 17.3. The minimum absolute atomic E-state index is 0.211. The van der Waals surface area contributed by atoms with Gasteiger partial charge in [0.25, 0.3) is 0 Å². The highest BCUT2D eigenvalue weighted by Gasteiger charge is 2.26. The van der Waals surface area contributed by atoms with Gasteiger partial charge in [0.15, 0.2) is 0 Å². The Kier molecular flexibility index (Phi) is 7.66. The van der Waals surface area contributed by atoms with Crippen LogP contribution in [0.4, 0.5) is 0 Å². The summed E-state index contributed by atoms with van der Waals surface area (Å²) in [4.78, 5) is 2.07. The molecule has 162 valence electrons. The molecule has 1 fully saturated rings. The highest BCUT2D eigenvalue weighted by molar-refractivity contribution is 7.92. The largest absolute Gasteiger partial charge is 0.491 e. The van der Waals surface area contributed by atoms with Crippen molar-refractivity contribution in [2.75, 3.05) is 39.3 Å². The molecule has 0 bridgehead atoms. The first-order valence-corrected chi connectivity index (χ1v) is 11.7. The van der Waals surface area contributed by atoms with Crippen molar-refractivity contribution in [3.63, 3.8) is 0 Å². The van der Waals surface area contributed by atoms with Crippen molar-refractivity contribution in [1.29, 1.82) is 0 Å². The minimum atomic E-state index is -3.45. The van der Waals surface area contributed by atoms with E-state index in [1.165, 1.54) is 9.71 Å². The van der Waals surface area contributed by atoms with Gasteiger partial charge in [0.2, 0.25) is 10.0 Å². The minimum Gasteiger partial charge on any atom is -0.491 e. The maximum atomic E-state index is 12.6. The summed E-state index contributed by atoms with van der Waals surface area (Å²) in [7, 11) is -3.45. The summed E-state index contributed by atoms with van der Waals surface area (Å²) in [6.07, 6.45) is 0.988. The van der Waals surface area contributed by atoms with Crippen LogP contribution < -0.4 is 4.74 Å². The highest BCUT2D eigenvalue weighted by atomic mass is 32.2. The number of ether oxygens (including phenoxy) is 1. The zero-order valence-corrected chi connectivity index (χ0v) is 18.4. The monoisotopic (exact) mass is 430 g/mol. The summed E-state index contributed by atoms with van der Waals surface area (Å²) < 4.78 is 32.4. The number of benzene rings is 2. The van der Waals surface area contributed by atoms with Crippen molar-refractivity contribution in [2.24, 2.45) is 0 Å². The highest BCUT2D eigenvalue weighted by Crippen LogP contribution is 2.19. The van der Waals surface area contributed by atoms with Crippen LogP contribution in [0.15, 0.2) is 53.9 Å². The lowest BCUT2D eigenvalue weighted by Crippen LogP contribution is -2.50. The third-order valence-corrected chi connectivity index (χ3v) is 6.73. The summed E-state index contributed by atoms with van der Waals surface area (Å²) in [5, 5.41) is 11.6. The standard InChI is InChI=1S/C23H30N2O4S/c1-19-8-9-20(2)23(16-19)29-18-22(26)17-24-11-13-25(14-12-24)30(27,28)15-10-21-6-4-3-5-7-21/h3-10,15-16,22,26H,11-14,17-18H2,1-2H3/b15-10-/t22-/m0/s1. The number of nitrogens with zero attached hydrogens (tertiary/aromatic N) is 2. The third-order valence-electron chi connectivity index (χ3n) is 5.17. The predicted octanol–water partition coefficient (Wildman–Crippen LogP) is 2.66. The van der Waals surface area contributed by atoms with Gasteiger partial charge in [-0.15, -0.1) is 0 Å². The molecule has 1 saturated heterocycles. The Labute approximate surface area is 179 Å². The maximum Gasteiger partial charge on any atom is 0.236 e. The van der Waals surface area contributed by atoms with Crippen molar-refractivity contribution in [3.8, 4) is 5.75 Å². The fraction of sp³-hybridized carbons (Fsp3) is 0.391. The van der Waals surface area contributed by atoms with Crippen molar-refractivity contribution in [2.45, 2.75) is 20.0 Å². The number of piperazine rings is 1. The number of β-amino-alcohol motifs (C(OH)–C–C–N with tert-alkyl or cyclic N) is 1.